The summed E-state index contributed by atoms with van der Waals surface area (Å²) in [5.41, 5.74) is 0. The van der Waals surface area contributed by atoms with E-state index in [1.807, 2.05) is 7.05 Å². The van der Waals surface area contributed by atoms with Gasteiger partial charge in [0.25, 0.3) is 0 Å². The molecule has 0 fully saturated rings. The molecule has 3 nitrogen and oxygen atoms in total. The highest BCUT2D eigenvalue weighted by Gasteiger charge is 2.00. The van der Waals surface area contributed by atoms with Crippen molar-refractivity contribution in [1.29, 1.82) is 0 Å². The molecule has 0 rings (SSSR count). The van der Waals surface area contributed by atoms with Gasteiger partial charge in [0, 0.05) is 13.0 Å². The number of unbranched alkanes of at least 4 members (excludes halogenated alkanes) is 18. The van der Waals surface area contributed by atoms with E-state index in [1.54, 1.807) is 0 Å². The maximum atomic E-state index is 11.7. The van der Waals surface area contributed by atoms with Gasteiger partial charge < -0.3 is 10.6 Å². The standard InChI is InChI=1S/C26H54N2O/c1-3-4-5-6-7-8-9-10-11-12-13-14-15-16-17-18-19-20-21-23-26(29)28-25-22-24-27-2/h27H,3-25H2,1-2H3,(H,28,29). The minimum Gasteiger partial charge on any atom is -0.356 e. The van der Waals surface area contributed by atoms with Crippen LogP contribution in [0.4, 0.5) is 0 Å². The number of carbonyl (C=O) groups is 1. The molecule has 0 heterocycles. The van der Waals surface area contributed by atoms with Gasteiger partial charge in [-0.1, -0.05) is 122 Å². The Morgan fingerprint density at radius 1 is 0.517 bits per heavy atom. The molecular formula is C26H54N2O. The van der Waals surface area contributed by atoms with Crippen LogP contribution in [-0.2, 0) is 4.79 Å². The van der Waals surface area contributed by atoms with E-state index in [-0.39, 0.29) is 5.91 Å². The summed E-state index contributed by atoms with van der Waals surface area (Å²) in [6.45, 7) is 4.07. The lowest BCUT2D eigenvalue weighted by Crippen LogP contribution is -2.26. The van der Waals surface area contributed by atoms with Crippen molar-refractivity contribution in [3.8, 4) is 0 Å². The smallest absolute Gasteiger partial charge is 0.219 e. The summed E-state index contributed by atoms with van der Waals surface area (Å²) in [7, 11) is 1.94. The fourth-order valence-electron chi connectivity index (χ4n) is 3.95. The molecule has 0 aromatic carbocycles. The molecule has 0 aliphatic heterocycles. The van der Waals surface area contributed by atoms with E-state index in [4.69, 9.17) is 0 Å². The van der Waals surface area contributed by atoms with Crippen LogP contribution < -0.4 is 10.6 Å². The summed E-state index contributed by atoms with van der Waals surface area (Å²) in [6.07, 6.45) is 28.2. The summed E-state index contributed by atoms with van der Waals surface area (Å²) in [5, 5.41) is 6.09. The highest BCUT2D eigenvalue weighted by Crippen LogP contribution is 2.14. The van der Waals surface area contributed by atoms with Crippen LogP contribution in [0, 0.1) is 0 Å². The zero-order chi connectivity index (χ0) is 21.3. The maximum Gasteiger partial charge on any atom is 0.219 e. The fraction of sp³-hybridized carbons (Fsp3) is 0.962. The van der Waals surface area contributed by atoms with Gasteiger partial charge in [-0.15, -0.1) is 0 Å². The normalized spacial score (nSPS) is 11.1. The lowest BCUT2D eigenvalue weighted by molar-refractivity contribution is -0.121. The lowest BCUT2D eigenvalue weighted by Gasteiger charge is -2.05. The van der Waals surface area contributed by atoms with Gasteiger partial charge in [-0.05, 0) is 26.4 Å². The van der Waals surface area contributed by atoms with Crippen molar-refractivity contribution in [2.45, 2.75) is 142 Å². The van der Waals surface area contributed by atoms with E-state index < -0.39 is 0 Å². The molecule has 0 atom stereocenters. The zero-order valence-electron chi connectivity index (χ0n) is 20.2. The molecule has 0 bridgehead atoms. The number of hydrogen-bond donors (Lipinski definition) is 2. The Labute approximate surface area is 183 Å². The van der Waals surface area contributed by atoms with E-state index in [9.17, 15) is 4.79 Å². The molecule has 0 unspecified atom stereocenters. The topological polar surface area (TPSA) is 41.1 Å². The van der Waals surface area contributed by atoms with Crippen molar-refractivity contribution in [1.82, 2.24) is 10.6 Å². The molecule has 0 aliphatic rings. The first-order valence-corrected chi connectivity index (χ1v) is 13.2. The molecule has 29 heavy (non-hydrogen) atoms. The molecule has 1 amide bonds. The first-order chi connectivity index (χ1) is 14.3. The molecule has 0 aromatic rings. The van der Waals surface area contributed by atoms with Gasteiger partial charge in [0.05, 0.1) is 0 Å². The average Bonchev–Trinajstić information content (AvgIpc) is 2.73. The number of nitrogens with one attached hydrogen (secondary N) is 2. The Kier molecular flexibility index (Phi) is 25.0. The Bertz CT molecular complexity index is 320. The van der Waals surface area contributed by atoms with E-state index >= 15 is 0 Å². The Hall–Kier alpha value is -0.570. The van der Waals surface area contributed by atoms with Crippen molar-refractivity contribution in [3.05, 3.63) is 0 Å². The number of hydrogen-bond acceptors (Lipinski definition) is 2. The van der Waals surface area contributed by atoms with Crippen LogP contribution in [0.25, 0.3) is 0 Å². The van der Waals surface area contributed by atoms with Gasteiger partial charge in [-0.2, -0.15) is 0 Å². The van der Waals surface area contributed by atoms with Crippen molar-refractivity contribution in [2.75, 3.05) is 20.1 Å². The number of carbonyl (C=O) groups excluding carboxylic acids is 1. The van der Waals surface area contributed by atoms with Crippen molar-refractivity contribution < 1.29 is 4.79 Å². The lowest BCUT2D eigenvalue weighted by atomic mass is 10.0. The first kappa shape index (κ1) is 28.4. The van der Waals surface area contributed by atoms with Gasteiger partial charge in [0.1, 0.15) is 0 Å². The van der Waals surface area contributed by atoms with Gasteiger partial charge >= 0.3 is 0 Å². The summed E-state index contributed by atoms with van der Waals surface area (Å²) >= 11 is 0. The van der Waals surface area contributed by atoms with Gasteiger partial charge in [-0.25, -0.2) is 0 Å². The number of rotatable bonds is 24. The highest BCUT2D eigenvalue weighted by atomic mass is 16.1. The third-order valence-electron chi connectivity index (χ3n) is 5.93. The second-order valence-electron chi connectivity index (χ2n) is 8.92. The predicted molar refractivity (Wildman–Crippen MR) is 130 cm³/mol. The van der Waals surface area contributed by atoms with Crippen molar-refractivity contribution in [2.24, 2.45) is 0 Å². The van der Waals surface area contributed by atoms with Crippen LogP contribution in [0.15, 0.2) is 0 Å². The SMILES string of the molecule is CCCCCCCCCCCCCCCCCCCCCC(=O)NCCCNC. The second-order valence-corrected chi connectivity index (χ2v) is 8.92. The van der Waals surface area contributed by atoms with Crippen LogP contribution in [0.3, 0.4) is 0 Å². The minimum atomic E-state index is 0.230. The molecule has 0 aliphatic carbocycles. The summed E-state index contributed by atoms with van der Waals surface area (Å²) in [6, 6.07) is 0. The van der Waals surface area contributed by atoms with Crippen molar-refractivity contribution >= 4 is 5.91 Å². The first-order valence-electron chi connectivity index (χ1n) is 13.2. The Morgan fingerprint density at radius 2 is 0.897 bits per heavy atom. The Balaban J connectivity index is 3.07. The fourth-order valence-corrected chi connectivity index (χ4v) is 3.95. The molecule has 0 radical (unpaired) electrons. The minimum absolute atomic E-state index is 0.230. The molecule has 2 N–H and O–H groups in total. The molecule has 0 aromatic heterocycles. The highest BCUT2D eigenvalue weighted by molar-refractivity contribution is 5.75. The molecule has 0 saturated carbocycles. The van der Waals surface area contributed by atoms with Gasteiger partial charge in [0.2, 0.25) is 5.91 Å². The van der Waals surface area contributed by atoms with Crippen LogP contribution >= 0.6 is 0 Å². The van der Waals surface area contributed by atoms with Crippen molar-refractivity contribution in [3.63, 3.8) is 0 Å². The molecular weight excluding hydrogens is 356 g/mol. The van der Waals surface area contributed by atoms with E-state index in [0.29, 0.717) is 6.42 Å². The monoisotopic (exact) mass is 410 g/mol. The molecule has 0 spiro atoms. The van der Waals surface area contributed by atoms with Gasteiger partial charge in [-0.3, -0.25) is 4.79 Å². The average molecular weight is 411 g/mol. The third kappa shape index (κ3) is 25.4. The number of amides is 1. The largest absolute Gasteiger partial charge is 0.356 e. The van der Waals surface area contributed by atoms with Crippen LogP contribution in [0.2, 0.25) is 0 Å². The van der Waals surface area contributed by atoms with E-state index in [0.717, 1.165) is 25.9 Å². The van der Waals surface area contributed by atoms with E-state index in [1.165, 1.54) is 116 Å². The maximum absolute atomic E-state index is 11.7. The molecule has 0 saturated heterocycles. The summed E-state index contributed by atoms with van der Waals surface area (Å²) < 4.78 is 0. The van der Waals surface area contributed by atoms with Crippen LogP contribution in [0.1, 0.15) is 142 Å². The summed E-state index contributed by atoms with van der Waals surface area (Å²) in [4.78, 5) is 11.7. The van der Waals surface area contributed by atoms with Crippen LogP contribution in [-0.4, -0.2) is 26.0 Å². The summed E-state index contributed by atoms with van der Waals surface area (Å²) in [5.74, 6) is 0.230. The van der Waals surface area contributed by atoms with E-state index in [2.05, 4.69) is 17.6 Å². The third-order valence-corrected chi connectivity index (χ3v) is 5.93. The zero-order valence-corrected chi connectivity index (χ0v) is 20.2. The predicted octanol–water partition coefficient (Wildman–Crippen LogP) is 7.53. The van der Waals surface area contributed by atoms with Crippen LogP contribution in [0.5, 0.6) is 0 Å². The quantitative estimate of drug-likeness (QED) is 0.161. The Morgan fingerprint density at radius 3 is 1.28 bits per heavy atom. The molecule has 3 heteroatoms. The second kappa shape index (κ2) is 25.5. The van der Waals surface area contributed by atoms with Gasteiger partial charge in [0.15, 0.2) is 0 Å². The molecule has 174 valence electrons.